The van der Waals surface area contributed by atoms with E-state index in [4.69, 9.17) is 23.5 Å². The van der Waals surface area contributed by atoms with Gasteiger partial charge in [0.05, 0.1) is 28.4 Å². The van der Waals surface area contributed by atoms with E-state index in [0.717, 1.165) is 30.6 Å². The Morgan fingerprint density at radius 3 is 2.21 bits per heavy atom. The second kappa shape index (κ2) is 11.8. The average Bonchev–Trinajstić information content (AvgIpc) is 3.33. The van der Waals surface area contributed by atoms with E-state index in [0.29, 0.717) is 47.5 Å². The van der Waals surface area contributed by atoms with Crippen LogP contribution in [0.5, 0.6) is 23.0 Å². The molecule has 0 radical (unpaired) electrons. The quantitative estimate of drug-likeness (QED) is 0.410. The highest BCUT2D eigenvalue weighted by Crippen LogP contribution is 2.38. The Kier molecular flexibility index (Phi) is 8.51. The summed E-state index contributed by atoms with van der Waals surface area (Å²) in [7, 11) is 6.18. The summed E-state index contributed by atoms with van der Waals surface area (Å²) in [6, 6.07) is 10.8. The van der Waals surface area contributed by atoms with E-state index in [2.05, 4.69) is 15.5 Å². The molecule has 0 saturated carbocycles. The van der Waals surface area contributed by atoms with Gasteiger partial charge in [-0.15, -0.1) is 0 Å². The standard InChI is InChI=1S/C24H29N3O6/c1-29-18-11-9-16(10-12-18)23-26-21(33-27-23)8-6-5-7-13-25-24(28)17-14-19(30-2)22(32-4)20(15-17)31-3/h9-12,14-15H,5-8,13H2,1-4H3,(H,25,28). The fourth-order valence-electron chi connectivity index (χ4n) is 3.31. The number of hydrogen-bond donors (Lipinski definition) is 1. The minimum atomic E-state index is -0.199. The van der Waals surface area contributed by atoms with Gasteiger partial charge in [0.1, 0.15) is 5.75 Å². The highest BCUT2D eigenvalue weighted by atomic mass is 16.5. The van der Waals surface area contributed by atoms with Gasteiger partial charge < -0.3 is 28.8 Å². The molecule has 0 aliphatic rings. The van der Waals surface area contributed by atoms with E-state index in [1.807, 2.05) is 24.3 Å². The van der Waals surface area contributed by atoms with Gasteiger partial charge in [0.15, 0.2) is 11.5 Å². The van der Waals surface area contributed by atoms with Crippen LogP contribution in [0, 0.1) is 0 Å². The first-order chi connectivity index (χ1) is 16.1. The Balaban J connectivity index is 1.42. The van der Waals surface area contributed by atoms with Crippen LogP contribution in [0.4, 0.5) is 0 Å². The molecular weight excluding hydrogens is 426 g/mol. The Morgan fingerprint density at radius 2 is 1.61 bits per heavy atom. The number of carbonyl (C=O) groups excluding carboxylic acids is 1. The van der Waals surface area contributed by atoms with Crippen molar-refractivity contribution in [2.24, 2.45) is 0 Å². The van der Waals surface area contributed by atoms with Gasteiger partial charge in [-0.2, -0.15) is 4.98 Å². The predicted octanol–water partition coefficient (Wildman–Crippen LogP) is 3.91. The average molecular weight is 456 g/mol. The number of methoxy groups -OCH3 is 4. The first-order valence-corrected chi connectivity index (χ1v) is 10.6. The molecule has 0 bridgehead atoms. The van der Waals surface area contributed by atoms with Crippen molar-refractivity contribution in [2.75, 3.05) is 35.0 Å². The van der Waals surface area contributed by atoms with Gasteiger partial charge in [-0.3, -0.25) is 4.79 Å². The number of aryl methyl sites for hydroxylation is 1. The summed E-state index contributed by atoms with van der Waals surface area (Å²) >= 11 is 0. The lowest BCUT2D eigenvalue weighted by Crippen LogP contribution is -2.24. The molecule has 2 aromatic carbocycles. The van der Waals surface area contributed by atoms with Gasteiger partial charge >= 0.3 is 0 Å². The molecule has 0 aliphatic carbocycles. The summed E-state index contributed by atoms with van der Waals surface area (Å²) in [4.78, 5) is 17.0. The molecule has 0 fully saturated rings. The molecule has 33 heavy (non-hydrogen) atoms. The zero-order valence-electron chi connectivity index (χ0n) is 19.3. The molecule has 1 heterocycles. The third-order valence-corrected chi connectivity index (χ3v) is 5.10. The van der Waals surface area contributed by atoms with Crippen LogP contribution in [0.1, 0.15) is 35.5 Å². The van der Waals surface area contributed by atoms with Crippen LogP contribution in [0.3, 0.4) is 0 Å². The Hall–Kier alpha value is -3.75. The normalized spacial score (nSPS) is 10.5. The largest absolute Gasteiger partial charge is 0.497 e. The molecular formula is C24H29N3O6. The zero-order chi connectivity index (χ0) is 23.6. The van der Waals surface area contributed by atoms with Crippen molar-refractivity contribution in [3.63, 3.8) is 0 Å². The minimum Gasteiger partial charge on any atom is -0.497 e. The minimum absolute atomic E-state index is 0.199. The van der Waals surface area contributed by atoms with Crippen molar-refractivity contribution >= 4 is 5.91 Å². The summed E-state index contributed by atoms with van der Waals surface area (Å²) in [6.45, 7) is 0.552. The molecule has 3 aromatic rings. The number of amides is 1. The first kappa shape index (κ1) is 23.9. The monoisotopic (exact) mass is 455 g/mol. The molecule has 0 spiro atoms. The maximum absolute atomic E-state index is 12.5. The summed E-state index contributed by atoms with van der Waals surface area (Å²) in [5.41, 5.74) is 1.32. The number of benzene rings is 2. The van der Waals surface area contributed by atoms with Crippen molar-refractivity contribution in [2.45, 2.75) is 25.7 Å². The van der Waals surface area contributed by atoms with Gasteiger partial charge in [0, 0.05) is 24.1 Å². The number of nitrogens with one attached hydrogen (secondary N) is 1. The van der Waals surface area contributed by atoms with Gasteiger partial charge in [-0.25, -0.2) is 0 Å². The molecule has 1 aromatic heterocycles. The number of aromatic nitrogens is 2. The lowest BCUT2D eigenvalue weighted by Gasteiger charge is -2.14. The second-order valence-corrected chi connectivity index (χ2v) is 7.22. The molecule has 0 aliphatic heterocycles. The first-order valence-electron chi connectivity index (χ1n) is 10.6. The lowest BCUT2D eigenvalue weighted by molar-refractivity contribution is 0.0952. The number of unbranched alkanes of at least 4 members (excludes halogenated alkanes) is 2. The van der Waals surface area contributed by atoms with E-state index in [9.17, 15) is 4.79 Å². The number of ether oxygens (including phenoxy) is 4. The van der Waals surface area contributed by atoms with Crippen molar-refractivity contribution in [1.82, 2.24) is 15.5 Å². The molecule has 1 N–H and O–H groups in total. The third kappa shape index (κ3) is 6.15. The molecule has 9 nitrogen and oxygen atoms in total. The molecule has 3 rings (SSSR count). The van der Waals surface area contributed by atoms with E-state index in [-0.39, 0.29) is 5.91 Å². The van der Waals surface area contributed by atoms with E-state index < -0.39 is 0 Å². The summed E-state index contributed by atoms with van der Waals surface area (Å²) in [6.07, 6.45) is 3.31. The van der Waals surface area contributed by atoms with Crippen molar-refractivity contribution in [3.8, 4) is 34.4 Å². The highest BCUT2D eigenvalue weighted by molar-refractivity contribution is 5.95. The van der Waals surface area contributed by atoms with Crippen molar-refractivity contribution in [3.05, 3.63) is 47.9 Å². The maximum atomic E-state index is 12.5. The fourth-order valence-corrected chi connectivity index (χ4v) is 3.31. The number of hydrogen-bond acceptors (Lipinski definition) is 8. The topological polar surface area (TPSA) is 105 Å². The Morgan fingerprint density at radius 1 is 0.909 bits per heavy atom. The van der Waals surface area contributed by atoms with E-state index in [1.165, 1.54) is 21.3 Å². The molecule has 0 unspecified atom stereocenters. The van der Waals surface area contributed by atoms with Gasteiger partial charge in [0.2, 0.25) is 17.5 Å². The van der Waals surface area contributed by atoms with E-state index >= 15 is 0 Å². The third-order valence-electron chi connectivity index (χ3n) is 5.10. The molecule has 0 atom stereocenters. The Bertz CT molecular complexity index is 1020. The SMILES string of the molecule is COc1ccc(-c2noc(CCCCCNC(=O)c3cc(OC)c(OC)c(OC)c3)n2)cc1. The van der Waals surface area contributed by atoms with Crippen LogP contribution in [0.2, 0.25) is 0 Å². The smallest absolute Gasteiger partial charge is 0.251 e. The van der Waals surface area contributed by atoms with Gasteiger partial charge in [-0.05, 0) is 49.2 Å². The van der Waals surface area contributed by atoms with Crippen LogP contribution >= 0.6 is 0 Å². The zero-order valence-corrected chi connectivity index (χ0v) is 19.3. The summed E-state index contributed by atoms with van der Waals surface area (Å²) < 4.78 is 26.4. The van der Waals surface area contributed by atoms with Crippen molar-refractivity contribution < 1.29 is 28.3 Å². The van der Waals surface area contributed by atoms with E-state index in [1.54, 1.807) is 19.2 Å². The van der Waals surface area contributed by atoms with Crippen LogP contribution in [-0.2, 0) is 6.42 Å². The molecule has 0 saturated heterocycles. The second-order valence-electron chi connectivity index (χ2n) is 7.22. The van der Waals surface area contributed by atoms with Crippen LogP contribution in [-0.4, -0.2) is 51.0 Å². The van der Waals surface area contributed by atoms with Crippen LogP contribution in [0.25, 0.3) is 11.4 Å². The highest BCUT2D eigenvalue weighted by Gasteiger charge is 2.16. The molecule has 9 heteroatoms. The van der Waals surface area contributed by atoms with Gasteiger partial charge in [-0.1, -0.05) is 11.6 Å². The van der Waals surface area contributed by atoms with Gasteiger partial charge in [0.25, 0.3) is 5.91 Å². The number of rotatable bonds is 12. The summed E-state index contributed by atoms with van der Waals surface area (Å²) in [5.74, 6) is 3.07. The van der Waals surface area contributed by atoms with Crippen LogP contribution in [0.15, 0.2) is 40.9 Å². The number of carbonyl (C=O) groups is 1. The molecule has 1 amide bonds. The summed E-state index contributed by atoms with van der Waals surface area (Å²) in [5, 5.41) is 6.96. The van der Waals surface area contributed by atoms with Crippen LogP contribution < -0.4 is 24.3 Å². The maximum Gasteiger partial charge on any atom is 0.251 e. The fraction of sp³-hybridized carbons (Fsp3) is 0.375. The Labute approximate surface area is 193 Å². The lowest BCUT2D eigenvalue weighted by atomic mass is 10.1. The number of nitrogens with zero attached hydrogens (tertiary/aromatic N) is 2. The molecule has 176 valence electrons. The van der Waals surface area contributed by atoms with Crippen molar-refractivity contribution in [1.29, 1.82) is 0 Å². The predicted molar refractivity (Wildman–Crippen MR) is 122 cm³/mol.